The molecule has 10 atom stereocenters. The molecule has 3 unspecified atom stereocenters. The number of fused-ring (bicyclic) bond motifs is 1. The molecule has 1 aliphatic rings. The molecule has 0 spiro atoms. The highest BCUT2D eigenvalue weighted by atomic mass is 33.1. The van der Waals surface area contributed by atoms with E-state index in [1.807, 2.05) is 54.6 Å². The molecule has 1 aliphatic heterocycles. The molecule has 0 saturated carbocycles. The molecule has 14 N–H and O–H groups in total. The fraction of sp³-hybridized carbons (Fsp3) is 0.460. The van der Waals surface area contributed by atoms with Gasteiger partial charge in [-0.15, -0.1) is 0 Å². The zero-order chi connectivity index (χ0) is 52.3. The van der Waals surface area contributed by atoms with E-state index in [1.54, 1.807) is 25.3 Å². The van der Waals surface area contributed by atoms with E-state index in [1.165, 1.54) is 26.0 Å². The van der Waals surface area contributed by atoms with Gasteiger partial charge in [-0.3, -0.25) is 33.6 Å². The van der Waals surface area contributed by atoms with E-state index in [9.17, 15) is 54.0 Å². The van der Waals surface area contributed by atoms with Gasteiger partial charge < -0.3 is 68.4 Å². The number of unbranched alkanes of at least 4 members (excludes halogenated alkanes) is 1. The highest BCUT2D eigenvalue weighted by Crippen LogP contribution is 2.25. The van der Waals surface area contributed by atoms with Gasteiger partial charge in [0.05, 0.1) is 24.9 Å². The molecule has 20 nitrogen and oxygen atoms in total. The lowest BCUT2D eigenvalue weighted by atomic mass is 10.00. The Balaban J connectivity index is 1.57. The molecular formula is C50H67N9O11S2. The Hall–Kier alpha value is -6.17. The van der Waals surface area contributed by atoms with Crippen LogP contribution in [0, 0.1) is 5.92 Å². The number of carbonyl (C=O) groups is 7. The predicted molar refractivity (Wildman–Crippen MR) is 275 cm³/mol. The molecule has 0 radical (unpaired) electrons. The second-order valence-electron chi connectivity index (χ2n) is 17.9. The van der Waals surface area contributed by atoms with Gasteiger partial charge in [-0.2, -0.15) is 0 Å². The van der Waals surface area contributed by atoms with Gasteiger partial charge in [-0.05, 0) is 81.0 Å². The van der Waals surface area contributed by atoms with Crippen LogP contribution in [0.4, 0.5) is 0 Å². The first kappa shape index (κ1) is 56.7. The van der Waals surface area contributed by atoms with E-state index < -0.39 is 108 Å². The number of amides is 7. The van der Waals surface area contributed by atoms with Crippen molar-refractivity contribution in [3.8, 4) is 5.75 Å². The number of phenolic OH excluding ortho intramolecular Hbond substituents is 1. The number of benzene rings is 3. The Labute approximate surface area is 426 Å². The third-order valence-electron chi connectivity index (χ3n) is 12.1. The minimum Gasteiger partial charge on any atom is -0.508 e. The number of para-hydroxylation sites is 1. The van der Waals surface area contributed by atoms with Gasteiger partial charge in [0.2, 0.25) is 41.4 Å². The molecule has 1 aromatic heterocycles. The molecule has 1 saturated heterocycles. The number of phenols is 1. The summed E-state index contributed by atoms with van der Waals surface area (Å²) in [5, 5.41) is 60.7. The maximum absolute atomic E-state index is 14.8. The third kappa shape index (κ3) is 17.0. The monoisotopic (exact) mass is 1030 g/mol. The summed E-state index contributed by atoms with van der Waals surface area (Å²) in [6.45, 7) is 3.92. The average Bonchev–Trinajstić information content (AvgIpc) is 3.77. The maximum Gasteiger partial charge on any atom is 0.245 e. The Morgan fingerprint density at radius 2 is 1.35 bits per heavy atom. The number of hydrogen-bond acceptors (Lipinski definition) is 14. The molecule has 4 aromatic rings. The van der Waals surface area contributed by atoms with Crippen LogP contribution < -0.4 is 43.0 Å². The molecule has 2 heterocycles. The number of hydrogen-bond donors (Lipinski definition) is 13. The lowest BCUT2D eigenvalue weighted by Gasteiger charge is -2.29. The number of aromatic amines is 1. The number of nitrogens with one attached hydrogen (secondary N) is 8. The van der Waals surface area contributed by atoms with Crippen LogP contribution in [0.15, 0.2) is 85.1 Å². The summed E-state index contributed by atoms with van der Waals surface area (Å²) in [5.74, 6) is -6.50. The minimum atomic E-state index is -1.67. The first-order chi connectivity index (χ1) is 34.5. The fourth-order valence-electron chi connectivity index (χ4n) is 7.88. The summed E-state index contributed by atoms with van der Waals surface area (Å²) in [7, 11) is 2.08. The van der Waals surface area contributed by atoms with Crippen LogP contribution in [-0.2, 0) is 52.8 Å². The highest BCUT2D eigenvalue weighted by molar-refractivity contribution is 8.76. The van der Waals surface area contributed by atoms with Crippen molar-refractivity contribution in [2.24, 2.45) is 11.7 Å². The average molecular weight is 1030 g/mol. The van der Waals surface area contributed by atoms with Crippen molar-refractivity contribution in [3.05, 3.63) is 102 Å². The second-order valence-corrected chi connectivity index (χ2v) is 20.5. The smallest absolute Gasteiger partial charge is 0.245 e. The number of aromatic hydroxyl groups is 1. The van der Waals surface area contributed by atoms with Crippen molar-refractivity contribution in [2.45, 2.75) is 114 Å². The molecule has 0 bridgehead atoms. The number of rotatable bonds is 17. The van der Waals surface area contributed by atoms with Gasteiger partial charge >= 0.3 is 0 Å². The van der Waals surface area contributed by atoms with Crippen molar-refractivity contribution in [1.82, 2.24) is 42.2 Å². The van der Waals surface area contributed by atoms with Gasteiger partial charge in [0, 0.05) is 47.4 Å². The molecule has 5 rings (SSSR count). The topological polar surface area (TPSA) is 326 Å². The molecule has 7 amide bonds. The highest BCUT2D eigenvalue weighted by Gasteiger charge is 2.36. The summed E-state index contributed by atoms with van der Waals surface area (Å²) in [4.78, 5) is 103. The number of aromatic nitrogens is 1. The molecule has 3 aromatic carbocycles. The Bertz CT molecular complexity index is 2440. The zero-order valence-corrected chi connectivity index (χ0v) is 42.1. The van der Waals surface area contributed by atoms with Crippen LogP contribution in [0.1, 0.15) is 56.7 Å². The lowest BCUT2D eigenvalue weighted by Crippen LogP contribution is -2.62. The predicted octanol–water partition coefficient (Wildman–Crippen LogP) is 0.209. The van der Waals surface area contributed by atoms with Crippen molar-refractivity contribution in [2.75, 3.05) is 24.7 Å². The second kappa shape index (κ2) is 28.2. The molecule has 72 heavy (non-hydrogen) atoms. The van der Waals surface area contributed by atoms with Gasteiger partial charge in [-0.25, -0.2) is 0 Å². The molecular weight excluding hydrogens is 967 g/mol. The van der Waals surface area contributed by atoms with E-state index >= 15 is 0 Å². The maximum atomic E-state index is 14.8. The first-order valence-corrected chi connectivity index (χ1v) is 26.4. The van der Waals surface area contributed by atoms with E-state index in [0.717, 1.165) is 38.1 Å². The van der Waals surface area contributed by atoms with Crippen LogP contribution in [0.2, 0.25) is 0 Å². The van der Waals surface area contributed by atoms with Gasteiger partial charge in [0.25, 0.3) is 0 Å². The number of H-pyrrole nitrogens is 1. The number of aliphatic hydroxyl groups is 3. The normalized spacial score (nSPS) is 22.7. The van der Waals surface area contributed by atoms with E-state index in [0.29, 0.717) is 30.4 Å². The Morgan fingerprint density at radius 3 is 2.01 bits per heavy atom. The van der Waals surface area contributed by atoms with E-state index in [2.05, 4.69) is 42.2 Å². The molecule has 390 valence electrons. The SMILES string of the molecule is CC(Cc1ccccc1)C(=O)NC1CSSCC(C(=O)N[C@H](CO)[C@@H](C)O)NC(=O)[C@H]([C@@H](C)O)NC(=O)[C@H](CCCCN)NC(=O)[C@H](Cc2c[nH]c3ccccc23)NC(=O)[C@H](Cc2ccc(O)cc2)NC1=O. The zero-order valence-electron chi connectivity index (χ0n) is 40.5. The number of nitrogens with two attached hydrogens (primary N) is 1. The summed E-state index contributed by atoms with van der Waals surface area (Å²) in [5.41, 5.74) is 8.58. The summed E-state index contributed by atoms with van der Waals surface area (Å²) >= 11 is 0. The van der Waals surface area contributed by atoms with Crippen LogP contribution in [-0.4, -0.2) is 146 Å². The van der Waals surface area contributed by atoms with E-state index in [-0.39, 0.29) is 43.1 Å². The van der Waals surface area contributed by atoms with Crippen molar-refractivity contribution in [1.29, 1.82) is 0 Å². The molecule has 22 heteroatoms. The Kier molecular flexibility index (Phi) is 22.2. The van der Waals surface area contributed by atoms with Gasteiger partial charge in [0.15, 0.2) is 0 Å². The number of carbonyl (C=O) groups excluding carboxylic acids is 7. The van der Waals surface area contributed by atoms with Crippen LogP contribution in [0.25, 0.3) is 10.9 Å². The van der Waals surface area contributed by atoms with Crippen molar-refractivity contribution >= 4 is 73.8 Å². The van der Waals surface area contributed by atoms with Crippen LogP contribution >= 0.6 is 21.6 Å². The largest absolute Gasteiger partial charge is 0.508 e. The van der Waals surface area contributed by atoms with Crippen molar-refractivity contribution in [3.63, 3.8) is 0 Å². The standard InChI is InChI=1S/C50H67N9O11S2/c1-28(21-31-11-5-4-6-12-31)44(64)57-41-26-71-72-27-42(49(69)56-40(25-60)29(2)61)58-50(70)43(30(3)62)59-45(65)37(15-9-10-20-51)53-47(67)39(23-33-24-52-36-14-8-7-13-35(33)36)55-46(66)38(54-48(41)68)22-32-16-18-34(63)19-17-32/h4-8,11-14,16-19,24,28-30,37-43,52,60-63H,9-10,15,20-23,25-27,51H2,1-3H3,(H,53,67)(H,54,68)(H,55,66)(H,56,69)(H,57,64)(H,58,70)(H,59,65)/t28?,29-,30-,37+,38+,39+,40-,41?,42?,43+/m1/s1. The molecule has 1 fully saturated rings. The quantitative estimate of drug-likeness (QED) is 0.0497. The third-order valence-corrected chi connectivity index (χ3v) is 14.6. The van der Waals surface area contributed by atoms with Crippen LogP contribution in [0.3, 0.4) is 0 Å². The van der Waals surface area contributed by atoms with Crippen LogP contribution in [0.5, 0.6) is 5.75 Å². The fourth-order valence-corrected chi connectivity index (χ4v) is 10.2. The van der Waals surface area contributed by atoms with Gasteiger partial charge in [0.1, 0.15) is 42.0 Å². The summed E-state index contributed by atoms with van der Waals surface area (Å²) in [6, 6.07) is 13.0. The summed E-state index contributed by atoms with van der Waals surface area (Å²) in [6.07, 6.45) is -0.111. The van der Waals surface area contributed by atoms with Crippen molar-refractivity contribution < 1.29 is 54.0 Å². The number of aliphatic hydroxyl groups excluding tert-OH is 3. The molecule has 0 aliphatic carbocycles. The van der Waals surface area contributed by atoms with E-state index in [4.69, 9.17) is 5.73 Å². The van der Waals surface area contributed by atoms with Gasteiger partial charge in [-0.1, -0.05) is 89.2 Å². The lowest BCUT2D eigenvalue weighted by molar-refractivity contribution is -0.136. The first-order valence-electron chi connectivity index (χ1n) is 23.9. The summed E-state index contributed by atoms with van der Waals surface area (Å²) < 4.78 is 0. The minimum absolute atomic E-state index is 0.0219. The Morgan fingerprint density at radius 1 is 0.722 bits per heavy atom.